The molecule has 0 saturated carbocycles. The van der Waals surface area contributed by atoms with E-state index in [2.05, 4.69) is 33.3 Å². The molecule has 0 saturated heterocycles. The van der Waals surface area contributed by atoms with Gasteiger partial charge in [0.25, 0.3) is 17.1 Å². The molecule has 1 aromatic carbocycles. The zero-order valence-corrected chi connectivity index (χ0v) is 20.8. The van der Waals surface area contributed by atoms with Crippen LogP contribution in [0, 0.1) is 12.8 Å². The summed E-state index contributed by atoms with van der Waals surface area (Å²) in [6.45, 7) is 10.0. The Bertz CT molecular complexity index is 1130. The number of carbonyl (C=O) groups excluding carboxylic acids is 1. The highest BCUT2D eigenvalue weighted by atomic mass is 32.2. The predicted octanol–water partition coefficient (Wildman–Crippen LogP) is 3.91. The first-order valence-electron chi connectivity index (χ1n) is 10.8. The molecule has 1 aromatic heterocycles. The highest BCUT2D eigenvalue weighted by molar-refractivity contribution is 7.83. The number of aryl methyl sites for hydroxylation is 1. The average molecular weight is 474 g/mol. The van der Waals surface area contributed by atoms with E-state index >= 15 is 0 Å². The SMILES string of the molecule is Cc1ccc(NC2=NS(=O)N=C2N[C@@H](c2cc(C(C)C)co2)C(C)C)c(O)c1C(=O)N(C)C. The van der Waals surface area contributed by atoms with Crippen molar-refractivity contribution in [1.82, 2.24) is 10.2 Å². The Hall–Kier alpha value is -3.14. The second-order valence-electron chi connectivity index (χ2n) is 8.89. The molecule has 33 heavy (non-hydrogen) atoms. The van der Waals surface area contributed by atoms with Crippen molar-refractivity contribution in [2.45, 2.75) is 46.6 Å². The number of phenols is 1. The number of amides is 1. The Morgan fingerprint density at radius 2 is 1.82 bits per heavy atom. The number of phenolic OH excluding ortho intramolecular Hbond substituents is 1. The van der Waals surface area contributed by atoms with Crippen molar-refractivity contribution in [2.24, 2.45) is 14.7 Å². The van der Waals surface area contributed by atoms with Gasteiger partial charge in [0.05, 0.1) is 23.6 Å². The molecule has 1 aliphatic rings. The van der Waals surface area contributed by atoms with Crippen LogP contribution in [0.1, 0.15) is 66.9 Å². The molecule has 2 aromatic rings. The van der Waals surface area contributed by atoms with E-state index in [-0.39, 0.29) is 46.5 Å². The molecule has 1 amide bonds. The van der Waals surface area contributed by atoms with Crippen LogP contribution in [-0.2, 0) is 11.2 Å². The molecule has 3 N–H and O–H groups in total. The van der Waals surface area contributed by atoms with Crippen molar-refractivity contribution in [1.29, 1.82) is 0 Å². The minimum atomic E-state index is -1.81. The summed E-state index contributed by atoms with van der Waals surface area (Å²) < 4.78 is 26.1. The van der Waals surface area contributed by atoms with Gasteiger partial charge < -0.3 is 25.1 Å². The van der Waals surface area contributed by atoms with E-state index < -0.39 is 11.2 Å². The number of nitrogens with one attached hydrogen (secondary N) is 2. The van der Waals surface area contributed by atoms with Crippen molar-refractivity contribution >= 4 is 34.4 Å². The van der Waals surface area contributed by atoms with E-state index in [0.717, 1.165) is 11.3 Å². The molecular weight excluding hydrogens is 442 g/mol. The fourth-order valence-electron chi connectivity index (χ4n) is 3.40. The van der Waals surface area contributed by atoms with Gasteiger partial charge in [-0.05, 0) is 42.0 Å². The van der Waals surface area contributed by atoms with Gasteiger partial charge in [-0.2, -0.15) is 0 Å². The second kappa shape index (κ2) is 9.78. The third kappa shape index (κ3) is 5.27. The maximum Gasteiger partial charge on any atom is 0.269 e. The summed E-state index contributed by atoms with van der Waals surface area (Å²) in [6.07, 6.45) is 1.74. The molecule has 2 atom stereocenters. The fraction of sp³-hybridized carbons (Fsp3) is 0.435. The van der Waals surface area contributed by atoms with Crippen molar-refractivity contribution < 1.29 is 18.5 Å². The molecule has 0 radical (unpaired) electrons. The number of amidine groups is 2. The van der Waals surface area contributed by atoms with Gasteiger partial charge in [0.1, 0.15) is 5.76 Å². The Labute approximate surface area is 196 Å². The van der Waals surface area contributed by atoms with Crippen LogP contribution in [0.2, 0.25) is 0 Å². The molecule has 178 valence electrons. The molecule has 3 rings (SSSR count). The van der Waals surface area contributed by atoms with Crippen LogP contribution >= 0.6 is 0 Å². The molecule has 0 fully saturated rings. The number of hydrogen-bond donors (Lipinski definition) is 3. The number of aromatic hydroxyl groups is 1. The molecule has 1 unspecified atom stereocenters. The summed E-state index contributed by atoms with van der Waals surface area (Å²) >= 11 is -1.81. The Morgan fingerprint density at radius 1 is 1.15 bits per heavy atom. The van der Waals surface area contributed by atoms with Crippen LogP contribution in [0.3, 0.4) is 0 Å². The molecule has 2 heterocycles. The van der Waals surface area contributed by atoms with E-state index in [9.17, 15) is 14.1 Å². The Kier molecular flexibility index (Phi) is 7.26. The summed E-state index contributed by atoms with van der Waals surface area (Å²) in [5.41, 5.74) is 2.18. The molecule has 0 aliphatic carbocycles. The second-order valence-corrected chi connectivity index (χ2v) is 9.72. The van der Waals surface area contributed by atoms with E-state index in [1.165, 1.54) is 4.90 Å². The number of carbonyl (C=O) groups is 1. The molecule has 9 nitrogen and oxygen atoms in total. The first kappa shape index (κ1) is 24.5. The van der Waals surface area contributed by atoms with E-state index in [1.54, 1.807) is 39.4 Å². The molecule has 0 bridgehead atoms. The lowest BCUT2D eigenvalue weighted by Crippen LogP contribution is -2.38. The summed E-state index contributed by atoms with van der Waals surface area (Å²) in [5, 5.41) is 17.1. The number of furan rings is 1. The largest absolute Gasteiger partial charge is 0.505 e. The van der Waals surface area contributed by atoms with E-state index in [4.69, 9.17) is 4.42 Å². The Balaban J connectivity index is 1.88. The predicted molar refractivity (Wildman–Crippen MR) is 131 cm³/mol. The van der Waals surface area contributed by atoms with Crippen LogP contribution < -0.4 is 10.6 Å². The smallest absolute Gasteiger partial charge is 0.269 e. The molecule has 0 spiro atoms. The number of rotatable bonds is 6. The third-order valence-corrected chi connectivity index (χ3v) is 6.07. The van der Waals surface area contributed by atoms with Gasteiger partial charge in [-0.25, -0.2) is 4.21 Å². The average Bonchev–Trinajstić information content (AvgIpc) is 3.34. The van der Waals surface area contributed by atoms with E-state index in [0.29, 0.717) is 11.5 Å². The minimum Gasteiger partial charge on any atom is -0.505 e. The zero-order chi connectivity index (χ0) is 24.4. The minimum absolute atomic E-state index is 0.131. The van der Waals surface area contributed by atoms with Gasteiger partial charge in [-0.15, -0.1) is 8.80 Å². The molecule has 10 heteroatoms. The zero-order valence-electron chi connectivity index (χ0n) is 20.0. The summed E-state index contributed by atoms with van der Waals surface area (Å²) in [6, 6.07) is 5.13. The lowest BCUT2D eigenvalue weighted by molar-refractivity contribution is 0.0824. The van der Waals surface area contributed by atoms with Crippen LogP contribution in [0.4, 0.5) is 5.69 Å². The van der Waals surface area contributed by atoms with Gasteiger partial charge in [-0.3, -0.25) is 4.79 Å². The van der Waals surface area contributed by atoms with Crippen LogP contribution in [0.5, 0.6) is 5.75 Å². The normalized spacial score (nSPS) is 16.6. The van der Waals surface area contributed by atoms with Crippen LogP contribution in [-0.4, -0.2) is 45.9 Å². The first-order chi connectivity index (χ1) is 15.5. The summed E-state index contributed by atoms with van der Waals surface area (Å²) in [7, 11) is 3.23. The number of benzene rings is 1. The lowest BCUT2D eigenvalue weighted by atomic mass is 9.99. The Morgan fingerprint density at radius 3 is 2.39 bits per heavy atom. The lowest BCUT2D eigenvalue weighted by Gasteiger charge is -2.22. The standard InChI is InChI=1S/C23H31N5O4S/c1-12(2)15-10-17(32-11-15)19(13(3)4)25-22-21(26-33(31)27-22)24-16-9-8-14(5)18(20(16)29)23(30)28(6)7/h8-13,19,29H,1-7H3,(H,24,26)(H,25,27)/t19-,33?/m1/s1. The fourth-order valence-corrected chi connectivity index (χ4v) is 4.03. The van der Waals surface area contributed by atoms with E-state index in [1.807, 2.05) is 19.9 Å². The third-order valence-electron chi connectivity index (χ3n) is 5.39. The highest BCUT2D eigenvalue weighted by Crippen LogP contribution is 2.32. The van der Waals surface area contributed by atoms with Crippen molar-refractivity contribution in [2.75, 3.05) is 19.4 Å². The van der Waals surface area contributed by atoms with Crippen LogP contribution in [0.15, 0.2) is 37.7 Å². The maximum atomic E-state index is 12.5. The van der Waals surface area contributed by atoms with Crippen molar-refractivity contribution in [3.05, 3.63) is 46.9 Å². The highest BCUT2D eigenvalue weighted by Gasteiger charge is 2.28. The number of nitrogens with zero attached hydrogens (tertiary/aromatic N) is 3. The quantitative estimate of drug-likeness (QED) is 0.547. The molecular formula is C23H31N5O4S. The van der Waals surface area contributed by atoms with Gasteiger partial charge in [0, 0.05) is 14.1 Å². The van der Waals surface area contributed by atoms with Gasteiger partial charge >= 0.3 is 0 Å². The maximum absolute atomic E-state index is 12.5. The number of hydrogen-bond acceptors (Lipinski definition) is 6. The van der Waals surface area contributed by atoms with Gasteiger partial charge in [-0.1, -0.05) is 33.8 Å². The van der Waals surface area contributed by atoms with Gasteiger partial charge in [0.2, 0.25) is 0 Å². The van der Waals surface area contributed by atoms with Crippen molar-refractivity contribution in [3.63, 3.8) is 0 Å². The number of anilines is 1. The van der Waals surface area contributed by atoms with Gasteiger partial charge in [0.15, 0.2) is 17.4 Å². The monoisotopic (exact) mass is 473 g/mol. The first-order valence-corrected chi connectivity index (χ1v) is 11.8. The molecule has 1 aliphatic heterocycles. The topological polar surface area (TPSA) is 120 Å². The summed E-state index contributed by atoms with van der Waals surface area (Å²) in [5.74, 6) is 1.16. The van der Waals surface area contributed by atoms with Crippen LogP contribution in [0.25, 0.3) is 0 Å². The summed E-state index contributed by atoms with van der Waals surface area (Å²) in [4.78, 5) is 13.9. The van der Waals surface area contributed by atoms with Crippen molar-refractivity contribution in [3.8, 4) is 5.75 Å².